The van der Waals surface area contributed by atoms with E-state index in [0.29, 0.717) is 16.8 Å². The number of hydrazine groups is 1. The van der Waals surface area contributed by atoms with Gasteiger partial charge in [0.05, 0.1) is 23.8 Å². The molecule has 0 aliphatic heterocycles. The standard InChI is InChI=1S/C11H11N5O2/c1-2-18-11(17)16-15-10-8-5-7(6-12)3-4-9(8)13-14-10/h3-5H,2H2,1H3,(H,16,17)(H2,13,14,15). The highest BCUT2D eigenvalue weighted by atomic mass is 16.5. The first-order valence-corrected chi connectivity index (χ1v) is 5.31. The molecule has 0 aliphatic carbocycles. The van der Waals surface area contributed by atoms with Crippen LogP contribution >= 0.6 is 0 Å². The van der Waals surface area contributed by atoms with Gasteiger partial charge in [0.1, 0.15) is 0 Å². The highest BCUT2D eigenvalue weighted by Crippen LogP contribution is 2.20. The molecule has 2 aromatic rings. The number of nitriles is 1. The number of hydrogen-bond acceptors (Lipinski definition) is 5. The molecule has 0 saturated carbocycles. The lowest BCUT2D eigenvalue weighted by molar-refractivity contribution is 0.154. The molecule has 0 unspecified atom stereocenters. The molecule has 0 aliphatic rings. The fraction of sp³-hybridized carbons (Fsp3) is 0.182. The first kappa shape index (κ1) is 11.7. The molecule has 0 saturated heterocycles. The van der Waals surface area contributed by atoms with Crippen molar-refractivity contribution in [3.63, 3.8) is 0 Å². The number of ether oxygens (including phenoxy) is 1. The molecule has 0 bridgehead atoms. The predicted octanol–water partition coefficient (Wildman–Crippen LogP) is 1.51. The molecule has 0 atom stereocenters. The number of H-pyrrole nitrogens is 1. The first-order valence-electron chi connectivity index (χ1n) is 5.31. The van der Waals surface area contributed by atoms with Crippen molar-refractivity contribution in [2.24, 2.45) is 0 Å². The van der Waals surface area contributed by atoms with Crippen LogP contribution in [0.5, 0.6) is 0 Å². The lowest BCUT2D eigenvalue weighted by atomic mass is 10.2. The van der Waals surface area contributed by atoms with E-state index in [-0.39, 0.29) is 6.61 Å². The van der Waals surface area contributed by atoms with E-state index in [1.165, 1.54) is 0 Å². The fourth-order valence-corrected chi connectivity index (χ4v) is 1.46. The van der Waals surface area contributed by atoms with Crippen molar-refractivity contribution in [1.29, 1.82) is 5.26 Å². The highest BCUT2D eigenvalue weighted by molar-refractivity contribution is 5.91. The summed E-state index contributed by atoms with van der Waals surface area (Å²) >= 11 is 0. The maximum absolute atomic E-state index is 11.1. The topological polar surface area (TPSA) is 103 Å². The van der Waals surface area contributed by atoms with Gasteiger partial charge < -0.3 is 4.74 Å². The number of fused-ring (bicyclic) bond motifs is 1. The zero-order chi connectivity index (χ0) is 13.0. The quantitative estimate of drug-likeness (QED) is 0.711. The van der Waals surface area contributed by atoms with Gasteiger partial charge in [0.2, 0.25) is 0 Å². The van der Waals surface area contributed by atoms with Crippen LogP contribution < -0.4 is 10.9 Å². The molecule has 1 aromatic carbocycles. The van der Waals surface area contributed by atoms with Crippen molar-refractivity contribution in [1.82, 2.24) is 15.6 Å². The van der Waals surface area contributed by atoms with Crippen molar-refractivity contribution in [3.05, 3.63) is 23.8 Å². The third kappa shape index (κ3) is 2.32. The van der Waals surface area contributed by atoms with Gasteiger partial charge in [0, 0.05) is 5.39 Å². The number of aromatic nitrogens is 2. The average molecular weight is 245 g/mol. The van der Waals surface area contributed by atoms with Crippen LogP contribution in [0.15, 0.2) is 18.2 Å². The van der Waals surface area contributed by atoms with E-state index in [9.17, 15) is 4.79 Å². The molecule has 0 radical (unpaired) electrons. The minimum atomic E-state index is -0.593. The van der Waals surface area contributed by atoms with E-state index in [4.69, 9.17) is 10.00 Å². The number of nitrogens with zero attached hydrogens (tertiary/aromatic N) is 2. The molecule has 7 heteroatoms. The van der Waals surface area contributed by atoms with Crippen LogP contribution in [0.1, 0.15) is 12.5 Å². The maximum Gasteiger partial charge on any atom is 0.425 e. The monoisotopic (exact) mass is 245 g/mol. The Balaban J connectivity index is 2.18. The van der Waals surface area contributed by atoms with Crippen LogP contribution in [0.2, 0.25) is 0 Å². The normalized spacial score (nSPS) is 9.78. The Kier molecular flexibility index (Phi) is 3.29. The lowest BCUT2D eigenvalue weighted by Gasteiger charge is -2.05. The van der Waals surface area contributed by atoms with Gasteiger partial charge in [-0.3, -0.25) is 10.5 Å². The van der Waals surface area contributed by atoms with Gasteiger partial charge in [0.25, 0.3) is 0 Å². The number of amides is 1. The van der Waals surface area contributed by atoms with E-state index in [1.54, 1.807) is 25.1 Å². The van der Waals surface area contributed by atoms with Crippen LogP contribution in [0.25, 0.3) is 10.9 Å². The van der Waals surface area contributed by atoms with E-state index in [0.717, 1.165) is 5.52 Å². The van der Waals surface area contributed by atoms with Gasteiger partial charge in [-0.1, -0.05) is 0 Å². The number of rotatable bonds is 3. The SMILES string of the molecule is CCOC(=O)NNc1n[nH]c2ccc(C#N)cc12. The second kappa shape index (κ2) is 5.05. The third-order valence-corrected chi connectivity index (χ3v) is 2.25. The summed E-state index contributed by atoms with van der Waals surface area (Å²) in [5, 5.41) is 16.3. The number of hydrogen-bond donors (Lipinski definition) is 3. The first-order chi connectivity index (χ1) is 8.74. The molecule has 1 heterocycles. The van der Waals surface area contributed by atoms with Crippen LogP contribution in [0.4, 0.5) is 10.6 Å². The second-order valence-electron chi connectivity index (χ2n) is 3.41. The van der Waals surface area contributed by atoms with Crippen molar-refractivity contribution in [3.8, 4) is 6.07 Å². The summed E-state index contributed by atoms with van der Waals surface area (Å²) in [6.07, 6.45) is -0.593. The maximum atomic E-state index is 11.1. The number of benzene rings is 1. The molecule has 7 nitrogen and oxygen atoms in total. The van der Waals surface area contributed by atoms with Crippen molar-refractivity contribution < 1.29 is 9.53 Å². The number of nitrogens with one attached hydrogen (secondary N) is 3. The molecule has 0 spiro atoms. The zero-order valence-electron chi connectivity index (χ0n) is 9.65. The summed E-state index contributed by atoms with van der Waals surface area (Å²) in [4.78, 5) is 11.1. The molecule has 18 heavy (non-hydrogen) atoms. The summed E-state index contributed by atoms with van der Waals surface area (Å²) in [5.41, 5.74) is 6.25. The van der Waals surface area contributed by atoms with Gasteiger partial charge in [-0.2, -0.15) is 10.4 Å². The summed E-state index contributed by atoms with van der Waals surface area (Å²) in [7, 11) is 0. The Morgan fingerprint density at radius 3 is 3.17 bits per heavy atom. The summed E-state index contributed by atoms with van der Waals surface area (Å²) in [5.74, 6) is 0.426. The molecule has 3 N–H and O–H groups in total. The Morgan fingerprint density at radius 2 is 2.44 bits per heavy atom. The number of carbonyl (C=O) groups excluding carboxylic acids is 1. The Bertz CT molecular complexity index is 613. The van der Waals surface area contributed by atoms with Crippen molar-refractivity contribution in [2.75, 3.05) is 12.0 Å². The largest absolute Gasteiger partial charge is 0.449 e. The number of anilines is 1. The summed E-state index contributed by atoms with van der Waals surface area (Å²) in [6, 6.07) is 7.14. The van der Waals surface area contributed by atoms with E-state index in [2.05, 4.69) is 21.0 Å². The molecule has 0 fully saturated rings. The Labute approximate surface area is 103 Å². The molecule has 2 rings (SSSR count). The van der Waals surface area contributed by atoms with Crippen LogP contribution in [-0.4, -0.2) is 22.9 Å². The van der Waals surface area contributed by atoms with Crippen molar-refractivity contribution >= 4 is 22.8 Å². The fourth-order valence-electron chi connectivity index (χ4n) is 1.46. The molecule has 1 aromatic heterocycles. The van der Waals surface area contributed by atoms with Crippen LogP contribution in [0, 0.1) is 11.3 Å². The third-order valence-electron chi connectivity index (χ3n) is 2.25. The molecular formula is C11H11N5O2. The highest BCUT2D eigenvalue weighted by Gasteiger charge is 2.07. The van der Waals surface area contributed by atoms with Gasteiger partial charge >= 0.3 is 6.09 Å². The van der Waals surface area contributed by atoms with E-state index >= 15 is 0 Å². The van der Waals surface area contributed by atoms with Crippen molar-refractivity contribution in [2.45, 2.75) is 6.92 Å². The van der Waals surface area contributed by atoms with Crippen LogP contribution in [0.3, 0.4) is 0 Å². The van der Waals surface area contributed by atoms with Crippen LogP contribution in [-0.2, 0) is 4.74 Å². The summed E-state index contributed by atoms with van der Waals surface area (Å²) in [6.45, 7) is 2.00. The number of aromatic amines is 1. The smallest absolute Gasteiger partial charge is 0.425 e. The molecule has 92 valence electrons. The lowest BCUT2D eigenvalue weighted by Crippen LogP contribution is -2.30. The Morgan fingerprint density at radius 1 is 1.61 bits per heavy atom. The van der Waals surface area contributed by atoms with Gasteiger partial charge in [-0.25, -0.2) is 10.2 Å². The minimum Gasteiger partial charge on any atom is -0.449 e. The van der Waals surface area contributed by atoms with Gasteiger partial charge in [-0.15, -0.1) is 0 Å². The average Bonchev–Trinajstić information content (AvgIpc) is 2.79. The van der Waals surface area contributed by atoms with Gasteiger partial charge in [-0.05, 0) is 25.1 Å². The predicted molar refractivity (Wildman–Crippen MR) is 64.6 cm³/mol. The second-order valence-corrected chi connectivity index (χ2v) is 3.41. The van der Waals surface area contributed by atoms with E-state index < -0.39 is 6.09 Å². The van der Waals surface area contributed by atoms with Gasteiger partial charge in [0.15, 0.2) is 5.82 Å². The number of carbonyl (C=O) groups is 1. The zero-order valence-corrected chi connectivity index (χ0v) is 9.65. The minimum absolute atomic E-state index is 0.285. The summed E-state index contributed by atoms with van der Waals surface area (Å²) < 4.78 is 4.69. The van der Waals surface area contributed by atoms with E-state index in [1.807, 2.05) is 6.07 Å². The Hall–Kier alpha value is -2.75. The molecular weight excluding hydrogens is 234 g/mol. The molecule has 1 amide bonds.